The number of hydrogen-bond donors (Lipinski definition) is 2. The first-order valence-electron chi connectivity index (χ1n) is 9.30. The van der Waals surface area contributed by atoms with Crippen molar-refractivity contribution in [3.8, 4) is 5.75 Å². The number of halogens is 2. The molecule has 0 aromatic heterocycles. The van der Waals surface area contributed by atoms with E-state index >= 15 is 0 Å². The molecule has 8 heteroatoms. The van der Waals surface area contributed by atoms with E-state index in [0.717, 1.165) is 11.1 Å². The molecule has 0 aliphatic carbocycles. The van der Waals surface area contributed by atoms with Crippen LogP contribution in [0.4, 0.5) is 5.69 Å². The van der Waals surface area contributed by atoms with E-state index in [2.05, 4.69) is 15.8 Å². The second-order valence-electron chi connectivity index (χ2n) is 6.53. The van der Waals surface area contributed by atoms with E-state index in [-0.39, 0.29) is 6.61 Å². The Morgan fingerprint density at radius 2 is 1.74 bits per heavy atom. The molecule has 0 heterocycles. The Hall–Kier alpha value is -3.35. The second-order valence-corrected chi connectivity index (χ2v) is 7.37. The van der Waals surface area contributed by atoms with Crippen LogP contribution in [-0.2, 0) is 16.2 Å². The SMILES string of the molecule is Cc1ccccc1NC(=O)C(=O)N/N=C\c1ccccc1OCc1ccc(Cl)cc1Cl. The molecule has 3 aromatic carbocycles. The predicted octanol–water partition coefficient (Wildman–Crippen LogP) is 4.97. The number of nitrogens with zero attached hydrogens (tertiary/aromatic N) is 1. The average molecular weight is 456 g/mol. The Balaban J connectivity index is 1.60. The Morgan fingerprint density at radius 3 is 2.52 bits per heavy atom. The van der Waals surface area contributed by atoms with Crippen LogP contribution in [-0.4, -0.2) is 18.0 Å². The van der Waals surface area contributed by atoms with Gasteiger partial charge in [-0.05, 0) is 42.8 Å². The number of ether oxygens (including phenoxy) is 1. The first-order valence-corrected chi connectivity index (χ1v) is 10.1. The third-order valence-electron chi connectivity index (χ3n) is 4.29. The third-order valence-corrected chi connectivity index (χ3v) is 4.87. The second kappa shape index (κ2) is 10.6. The summed E-state index contributed by atoms with van der Waals surface area (Å²) in [6.07, 6.45) is 1.40. The summed E-state index contributed by atoms with van der Waals surface area (Å²) in [6, 6.07) is 19.5. The highest BCUT2D eigenvalue weighted by molar-refractivity contribution is 6.39. The molecule has 2 amide bonds. The monoisotopic (exact) mass is 455 g/mol. The fraction of sp³-hybridized carbons (Fsp3) is 0.0870. The molecule has 0 fully saturated rings. The van der Waals surface area contributed by atoms with Crippen LogP contribution in [0.25, 0.3) is 0 Å². The minimum absolute atomic E-state index is 0.228. The molecule has 31 heavy (non-hydrogen) atoms. The molecule has 0 spiro atoms. The molecular weight excluding hydrogens is 437 g/mol. The summed E-state index contributed by atoms with van der Waals surface area (Å²) in [5, 5.41) is 7.46. The van der Waals surface area contributed by atoms with E-state index in [4.69, 9.17) is 27.9 Å². The topological polar surface area (TPSA) is 79.8 Å². The van der Waals surface area contributed by atoms with Crippen molar-refractivity contribution in [3.05, 3.63) is 93.5 Å². The van der Waals surface area contributed by atoms with Gasteiger partial charge in [0.2, 0.25) is 0 Å². The molecule has 3 rings (SSSR count). The van der Waals surface area contributed by atoms with Crippen molar-refractivity contribution in [1.82, 2.24) is 5.43 Å². The lowest BCUT2D eigenvalue weighted by molar-refractivity contribution is -0.136. The largest absolute Gasteiger partial charge is 0.488 e. The minimum Gasteiger partial charge on any atom is -0.488 e. The summed E-state index contributed by atoms with van der Waals surface area (Å²) in [7, 11) is 0. The van der Waals surface area contributed by atoms with Gasteiger partial charge in [-0.15, -0.1) is 0 Å². The molecule has 2 N–H and O–H groups in total. The molecule has 158 valence electrons. The maximum atomic E-state index is 12.0. The summed E-state index contributed by atoms with van der Waals surface area (Å²) >= 11 is 12.1. The molecule has 0 aliphatic rings. The standard InChI is InChI=1S/C23H19Cl2N3O3/c1-15-6-2-4-8-20(15)27-22(29)23(30)28-26-13-16-7-3-5-9-21(16)31-14-17-10-11-18(24)12-19(17)25/h2-13H,14H2,1H3,(H,27,29)(H,28,30)/b26-13-. The van der Waals surface area contributed by atoms with Crippen molar-refractivity contribution in [2.24, 2.45) is 5.10 Å². The van der Waals surface area contributed by atoms with Gasteiger partial charge in [0.05, 0.1) is 6.21 Å². The van der Waals surface area contributed by atoms with Crippen LogP contribution in [0.3, 0.4) is 0 Å². The Morgan fingerprint density at radius 1 is 1.00 bits per heavy atom. The molecule has 0 atom stereocenters. The van der Waals surface area contributed by atoms with Crippen molar-refractivity contribution < 1.29 is 14.3 Å². The van der Waals surface area contributed by atoms with Gasteiger partial charge in [-0.25, -0.2) is 5.43 Å². The summed E-state index contributed by atoms with van der Waals surface area (Å²) in [6.45, 7) is 2.06. The van der Waals surface area contributed by atoms with Gasteiger partial charge in [0.25, 0.3) is 0 Å². The van der Waals surface area contributed by atoms with Crippen molar-refractivity contribution in [2.75, 3.05) is 5.32 Å². The van der Waals surface area contributed by atoms with E-state index < -0.39 is 11.8 Å². The normalized spacial score (nSPS) is 10.7. The smallest absolute Gasteiger partial charge is 0.329 e. The maximum Gasteiger partial charge on any atom is 0.329 e. The quantitative estimate of drug-likeness (QED) is 0.312. The Bertz CT molecular complexity index is 1130. The lowest BCUT2D eigenvalue weighted by atomic mass is 10.2. The number of aryl methyl sites for hydroxylation is 1. The fourth-order valence-electron chi connectivity index (χ4n) is 2.62. The van der Waals surface area contributed by atoms with Gasteiger partial charge in [-0.2, -0.15) is 5.10 Å². The van der Waals surface area contributed by atoms with E-state index in [1.54, 1.807) is 48.5 Å². The lowest BCUT2D eigenvalue weighted by Crippen LogP contribution is -2.32. The van der Waals surface area contributed by atoms with Crippen molar-refractivity contribution in [2.45, 2.75) is 13.5 Å². The van der Waals surface area contributed by atoms with E-state index in [1.807, 2.05) is 25.1 Å². The molecule has 0 unspecified atom stereocenters. The number of carbonyl (C=O) groups excluding carboxylic acids is 2. The van der Waals surface area contributed by atoms with Gasteiger partial charge in [-0.1, -0.05) is 59.6 Å². The lowest BCUT2D eigenvalue weighted by Gasteiger charge is -2.10. The van der Waals surface area contributed by atoms with Crippen LogP contribution in [0.1, 0.15) is 16.7 Å². The number of para-hydroxylation sites is 2. The van der Waals surface area contributed by atoms with Crippen molar-refractivity contribution in [3.63, 3.8) is 0 Å². The number of carbonyl (C=O) groups is 2. The molecule has 0 radical (unpaired) electrons. The predicted molar refractivity (Wildman–Crippen MR) is 123 cm³/mol. The van der Waals surface area contributed by atoms with Gasteiger partial charge in [0.1, 0.15) is 12.4 Å². The number of hydrazone groups is 1. The first-order chi connectivity index (χ1) is 14.9. The maximum absolute atomic E-state index is 12.0. The molecular formula is C23H19Cl2N3O3. The van der Waals surface area contributed by atoms with Crippen LogP contribution in [0.2, 0.25) is 10.0 Å². The van der Waals surface area contributed by atoms with E-state index in [1.165, 1.54) is 6.21 Å². The van der Waals surface area contributed by atoms with Crippen LogP contribution in [0, 0.1) is 6.92 Å². The zero-order valence-electron chi connectivity index (χ0n) is 16.6. The van der Waals surface area contributed by atoms with Gasteiger partial charge >= 0.3 is 11.8 Å². The summed E-state index contributed by atoms with van der Waals surface area (Å²) in [5.74, 6) is -1.16. The summed E-state index contributed by atoms with van der Waals surface area (Å²) in [5.41, 5.74) is 5.02. The van der Waals surface area contributed by atoms with Gasteiger partial charge < -0.3 is 10.1 Å². The highest BCUT2D eigenvalue weighted by Gasteiger charge is 2.13. The van der Waals surface area contributed by atoms with Crippen LogP contribution in [0.5, 0.6) is 5.75 Å². The van der Waals surface area contributed by atoms with Gasteiger partial charge in [-0.3, -0.25) is 9.59 Å². The minimum atomic E-state index is -0.883. The number of benzene rings is 3. The summed E-state index contributed by atoms with van der Waals surface area (Å²) in [4.78, 5) is 24.1. The zero-order valence-corrected chi connectivity index (χ0v) is 18.1. The molecule has 0 aliphatic heterocycles. The molecule has 6 nitrogen and oxygen atoms in total. The number of anilines is 1. The number of amides is 2. The third kappa shape index (κ3) is 6.31. The highest BCUT2D eigenvalue weighted by Crippen LogP contribution is 2.24. The van der Waals surface area contributed by atoms with E-state index in [9.17, 15) is 9.59 Å². The van der Waals surface area contributed by atoms with Gasteiger partial charge in [0.15, 0.2) is 0 Å². The number of nitrogens with one attached hydrogen (secondary N) is 2. The average Bonchev–Trinajstić information content (AvgIpc) is 2.75. The molecule has 3 aromatic rings. The number of rotatable bonds is 6. The first kappa shape index (κ1) is 22.3. The Labute approximate surface area is 189 Å². The molecule has 0 saturated carbocycles. The zero-order chi connectivity index (χ0) is 22.2. The number of hydrogen-bond acceptors (Lipinski definition) is 4. The van der Waals surface area contributed by atoms with Crippen molar-refractivity contribution >= 4 is 46.9 Å². The Kier molecular flexibility index (Phi) is 7.65. The van der Waals surface area contributed by atoms with Crippen LogP contribution >= 0.6 is 23.2 Å². The van der Waals surface area contributed by atoms with Crippen molar-refractivity contribution in [1.29, 1.82) is 0 Å². The van der Waals surface area contributed by atoms with E-state index in [0.29, 0.717) is 27.0 Å². The fourth-order valence-corrected chi connectivity index (χ4v) is 3.08. The molecule has 0 bridgehead atoms. The van der Waals surface area contributed by atoms with Crippen LogP contribution < -0.4 is 15.5 Å². The van der Waals surface area contributed by atoms with Gasteiger partial charge in [0, 0.05) is 26.9 Å². The summed E-state index contributed by atoms with van der Waals surface area (Å²) < 4.78 is 5.83. The van der Waals surface area contributed by atoms with Crippen LogP contribution in [0.15, 0.2) is 71.8 Å². The highest BCUT2D eigenvalue weighted by atomic mass is 35.5. The molecule has 0 saturated heterocycles.